The van der Waals surface area contributed by atoms with Crippen molar-refractivity contribution in [1.82, 2.24) is 4.90 Å². The van der Waals surface area contributed by atoms with E-state index in [-0.39, 0.29) is 0 Å². The molecule has 0 bridgehead atoms. The molecule has 0 unspecified atom stereocenters. The second-order valence-corrected chi connectivity index (χ2v) is 5.28. The van der Waals surface area contributed by atoms with E-state index in [1.54, 1.807) is 0 Å². The summed E-state index contributed by atoms with van der Waals surface area (Å²) in [6.07, 6.45) is 8.37. The first-order chi connectivity index (χ1) is 10.3. The number of halogens is 1. The van der Waals surface area contributed by atoms with E-state index in [9.17, 15) is 0 Å². The van der Waals surface area contributed by atoms with Gasteiger partial charge < -0.3 is 9.64 Å². The second kappa shape index (κ2) is 6.51. The van der Waals surface area contributed by atoms with Gasteiger partial charge >= 0.3 is 0 Å². The molecule has 0 amide bonds. The maximum atomic E-state index is 6.09. The minimum Gasteiger partial charge on any atom is -0.456 e. The highest BCUT2D eigenvalue weighted by Gasteiger charge is 2.04. The Morgan fingerprint density at radius 3 is 2.52 bits per heavy atom. The number of benzene rings is 2. The molecule has 1 heterocycles. The summed E-state index contributed by atoms with van der Waals surface area (Å²) < 4.78 is 5.78. The van der Waals surface area contributed by atoms with E-state index in [1.807, 2.05) is 36.4 Å². The molecule has 0 spiro atoms. The van der Waals surface area contributed by atoms with Gasteiger partial charge in [-0.05, 0) is 42.1 Å². The van der Waals surface area contributed by atoms with E-state index in [2.05, 4.69) is 41.5 Å². The lowest BCUT2D eigenvalue weighted by atomic mass is 10.2. The molecule has 0 atom stereocenters. The first-order valence-corrected chi connectivity index (χ1v) is 7.28. The van der Waals surface area contributed by atoms with Crippen LogP contribution in [0.3, 0.4) is 0 Å². The predicted molar refractivity (Wildman–Crippen MR) is 86.7 cm³/mol. The Labute approximate surface area is 129 Å². The number of allylic oxidation sites excluding steroid dienone is 2. The van der Waals surface area contributed by atoms with Crippen molar-refractivity contribution in [2.24, 2.45) is 0 Å². The van der Waals surface area contributed by atoms with E-state index in [0.29, 0.717) is 10.8 Å². The molecule has 3 heteroatoms. The molecule has 0 aromatic heterocycles. The lowest BCUT2D eigenvalue weighted by molar-refractivity contribution is 0.405. The summed E-state index contributed by atoms with van der Waals surface area (Å²) in [5.41, 5.74) is 1.25. The SMILES string of the molecule is Clc1ccccc1Oc1ccc(CN2C=CC=CC2)cc1. The summed E-state index contributed by atoms with van der Waals surface area (Å²) in [4.78, 5) is 2.25. The first kappa shape index (κ1) is 13.8. The maximum absolute atomic E-state index is 6.09. The van der Waals surface area contributed by atoms with Gasteiger partial charge in [-0.25, -0.2) is 0 Å². The van der Waals surface area contributed by atoms with Crippen LogP contribution in [0.15, 0.2) is 73.0 Å². The molecule has 106 valence electrons. The molecular weight excluding hydrogens is 282 g/mol. The molecule has 0 saturated carbocycles. The smallest absolute Gasteiger partial charge is 0.146 e. The number of rotatable bonds is 4. The topological polar surface area (TPSA) is 12.5 Å². The lowest BCUT2D eigenvalue weighted by Gasteiger charge is -2.20. The van der Waals surface area contributed by atoms with Gasteiger partial charge in [-0.2, -0.15) is 0 Å². The maximum Gasteiger partial charge on any atom is 0.146 e. The number of para-hydroxylation sites is 1. The summed E-state index contributed by atoms with van der Waals surface area (Å²) in [6, 6.07) is 15.6. The molecular formula is C18H16ClNO. The van der Waals surface area contributed by atoms with Gasteiger partial charge in [0.25, 0.3) is 0 Å². The van der Waals surface area contributed by atoms with Gasteiger partial charge in [-0.3, -0.25) is 0 Å². The summed E-state index contributed by atoms with van der Waals surface area (Å²) in [7, 11) is 0. The first-order valence-electron chi connectivity index (χ1n) is 6.90. The molecule has 1 aliphatic heterocycles. The molecule has 21 heavy (non-hydrogen) atoms. The van der Waals surface area contributed by atoms with Crippen molar-refractivity contribution in [3.8, 4) is 11.5 Å². The predicted octanol–water partition coefficient (Wildman–Crippen LogP) is 5.02. The second-order valence-electron chi connectivity index (χ2n) is 4.88. The van der Waals surface area contributed by atoms with Crippen molar-refractivity contribution >= 4 is 11.6 Å². The summed E-state index contributed by atoms with van der Waals surface area (Å²) >= 11 is 6.09. The van der Waals surface area contributed by atoms with Gasteiger partial charge in [0.2, 0.25) is 0 Å². The number of nitrogens with zero attached hydrogens (tertiary/aromatic N) is 1. The van der Waals surface area contributed by atoms with Crippen LogP contribution in [0.4, 0.5) is 0 Å². The van der Waals surface area contributed by atoms with Crippen LogP contribution in [0.5, 0.6) is 11.5 Å². The summed E-state index contributed by atoms with van der Waals surface area (Å²) in [5.74, 6) is 1.47. The quantitative estimate of drug-likeness (QED) is 0.786. The molecule has 0 radical (unpaired) electrons. The van der Waals surface area contributed by atoms with E-state index in [1.165, 1.54) is 5.56 Å². The zero-order chi connectivity index (χ0) is 14.5. The van der Waals surface area contributed by atoms with E-state index >= 15 is 0 Å². The largest absolute Gasteiger partial charge is 0.456 e. The standard InChI is InChI=1S/C18H16ClNO/c19-17-6-2-3-7-18(17)21-16-10-8-15(9-11-16)14-20-12-4-1-5-13-20/h1-12H,13-14H2. The molecule has 3 rings (SSSR count). The van der Waals surface area contributed by atoms with Crippen LogP contribution in [0.25, 0.3) is 0 Å². The monoisotopic (exact) mass is 297 g/mol. The molecule has 0 N–H and O–H groups in total. The van der Waals surface area contributed by atoms with Gasteiger partial charge in [-0.15, -0.1) is 0 Å². The van der Waals surface area contributed by atoms with Gasteiger partial charge in [0.1, 0.15) is 11.5 Å². The Morgan fingerprint density at radius 2 is 1.81 bits per heavy atom. The third kappa shape index (κ3) is 3.67. The summed E-state index contributed by atoms with van der Waals surface area (Å²) in [5, 5.41) is 0.617. The fourth-order valence-electron chi connectivity index (χ4n) is 2.18. The minimum atomic E-state index is 0.617. The normalized spacial score (nSPS) is 13.5. The fourth-order valence-corrected chi connectivity index (χ4v) is 2.35. The van der Waals surface area contributed by atoms with Gasteiger partial charge in [-0.1, -0.05) is 48.0 Å². The van der Waals surface area contributed by atoms with Crippen LogP contribution < -0.4 is 4.74 Å². The van der Waals surface area contributed by atoms with E-state index in [0.717, 1.165) is 18.8 Å². The molecule has 2 aromatic carbocycles. The van der Waals surface area contributed by atoms with Gasteiger partial charge in [0.15, 0.2) is 0 Å². The Kier molecular flexibility index (Phi) is 4.27. The lowest BCUT2D eigenvalue weighted by Crippen LogP contribution is -2.17. The molecule has 0 saturated heterocycles. The third-order valence-corrected chi connectivity index (χ3v) is 3.57. The average molecular weight is 298 g/mol. The van der Waals surface area contributed by atoms with Crippen molar-refractivity contribution in [3.63, 3.8) is 0 Å². The van der Waals surface area contributed by atoms with Crippen LogP contribution >= 0.6 is 11.6 Å². The van der Waals surface area contributed by atoms with Crippen LogP contribution in [-0.4, -0.2) is 11.4 Å². The fraction of sp³-hybridized carbons (Fsp3) is 0.111. The Hall–Kier alpha value is -2.19. The molecule has 2 aromatic rings. The molecule has 1 aliphatic rings. The highest BCUT2D eigenvalue weighted by Crippen LogP contribution is 2.28. The number of hydrogen-bond acceptors (Lipinski definition) is 2. The van der Waals surface area contributed by atoms with Crippen LogP contribution in [0.2, 0.25) is 5.02 Å². The van der Waals surface area contributed by atoms with Crippen molar-refractivity contribution < 1.29 is 4.74 Å². The number of ether oxygens (including phenoxy) is 1. The van der Waals surface area contributed by atoms with Crippen molar-refractivity contribution in [2.75, 3.05) is 6.54 Å². The van der Waals surface area contributed by atoms with Crippen LogP contribution in [0.1, 0.15) is 5.56 Å². The molecule has 0 aliphatic carbocycles. The average Bonchev–Trinajstić information content (AvgIpc) is 2.52. The zero-order valence-electron chi connectivity index (χ0n) is 11.6. The molecule has 0 fully saturated rings. The highest BCUT2D eigenvalue weighted by atomic mass is 35.5. The minimum absolute atomic E-state index is 0.617. The third-order valence-electron chi connectivity index (χ3n) is 3.26. The Bertz CT molecular complexity index is 661. The van der Waals surface area contributed by atoms with Crippen molar-refractivity contribution in [3.05, 3.63) is 83.5 Å². The van der Waals surface area contributed by atoms with Gasteiger partial charge in [0, 0.05) is 13.1 Å². The van der Waals surface area contributed by atoms with E-state index in [4.69, 9.17) is 16.3 Å². The van der Waals surface area contributed by atoms with Crippen molar-refractivity contribution in [1.29, 1.82) is 0 Å². The van der Waals surface area contributed by atoms with E-state index < -0.39 is 0 Å². The molecule has 2 nitrogen and oxygen atoms in total. The van der Waals surface area contributed by atoms with Gasteiger partial charge in [0.05, 0.1) is 5.02 Å². The number of hydrogen-bond donors (Lipinski definition) is 0. The Morgan fingerprint density at radius 1 is 1.00 bits per heavy atom. The summed E-state index contributed by atoms with van der Waals surface area (Å²) in [6.45, 7) is 1.85. The zero-order valence-corrected chi connectivity index (χ0v) is 12.3. The van der Waals surface area contributed by atoms with Crippen molar-refractivity contribution in [2.45, 2.75) is 6.54 Å². The Balaban J connectivity index is 1.65. The highest BCUT2D eigenvalue weighted by molar-refractivity contribution is 6.32. The van der Waals surface area contributed by atoms with Crippen LogP contribution in [0, 0.1) is 0 Å². The van der Waals surface area contributed by atoms with Crippen LogP contribution in [-0.2, 0) is 6.54 Å².